The summed E-state index contributed by atoms with van der Waals surface area (Å²) in [5.74, 6) is 0.854. The molecule has 2 aromatic heterocycles. The molecule has 0 unspecified atom stereocenters. The smallest absolute Gasteiger partial charge is 0.246 e. The minimum absolute atomic E-state index is 0.0476. The molecule has 0 spiro atoms. The van der Waals surface area contributed by atoms with Gasteiger partial charge in [-0.3, -0.25) is 9.89 Å². The molecule has 2 aromatic rings. The highest BCUT2D eigenvalue weighted by Crippen LogP contribution is 2.22. The minimum atomic E-state index is -3.61. The van der Waals surface area contributed by atoms with Crippen LogP contribution in [-0.4, -0.2) is 70.1 Å². The fourth-order valence-corrected chi connectivity index (χ4v) is 4.79. The van der Waals surface area contributed by atoms with Gasteiger partial charge in [-0.25, -0.2) is 8.42 Å². The molecule has 3 rings (SSSR count). The molecular weight excluding hydrogens is 360 g/mol. The van der Waals surface area contributed by atoms with Gasteiger partial charge in [0.1, 0.15) is 4.90 Å². The highest BCUT2D eigenvalue weighted by atomic mass is 32.2. The maximum absolute atomic E-state index is 12.8. The van der Waals surface area contributed by atoms with Crippen LogP contribution in [0.25, 0.3) is 0 Å². The number of nitrogens with one attached hydrogen (secondary N) is 1. The first kappa shape index (κ1) is 18.5. The zero-order chi connectivity index (χ0) is 18.9. The molecular formula is C15H22N6O4S. The van der Waals surface area contributed by atoms with Gasteiger partial charge < -0.3 is 9.32 Å². The van der Waals surface area contributed by atoms with Crippen LogP contribution in [0.2, 0.25) is 0 Å². The third kappa shape index (κ3) is 3.63. The first-order valence-electron chi connectivity index (χ1n) is 8.37. The van der Waals surface area contributed by atoms with Crippen molar-refractivity contribution >= 4 is 15.9 Å². The van der Waals surface area contributed by atoms with Crippen LogP contribution < -0.4 is 0 Å². The first-order chi connectivity index (χ1) is 12.3. The molecule has 11 heteroatoms. The Morgan fingerprint density at radius 3 is 2.38 bits per heavy atom. The topological polar surface area (TPSA) is 125 Å². The lowest BCUT2D eigenvalue weighted by Crippen LogP contribution is -2.50. The predicted molar refractivity (Wildman–Crippen MR) is 90.8 cm³/mol. The monoisotopic (exact) mass is 382 g/mol. The highest BCUT2D eigenvalue weighted by molar-refractivity contribution is 7.89. The number of carbonyl (C=O) groups is 1. The second kappa shape index (κ2) is 7.16. The summed E-state index contributed by atoms with van der Waals surface area (Å²) >= 11 is 0. The van der Waals surface area contributed by atoms with E-state index < -0.39 is 10.0 Å². The van der Waals surface area contributed by atoms with Crippen molar-refractivity contribution in [2.45, 2.75) is 38.5 Å². The molecule has 0 saturated carbocycles. The lowest BCUT2D eigenvalue weighted by molar-refractivity contribution is -0.132. The number of carbonyl (C=O) groups excluding carboxylic acids is 1. The Kier molecular flexibility index (Phi) is 5.10. The Morgan fingerprint density at radius 2 is 1.85 bits per heavy atom. The van der Waals surface area contributed by atoms with Crippen LogP contribution >= 0.6 is 0 Å². The molecule has 1 saturated heterocycles. The number of H-pyrrole nitrogens is 1. The van der Waals surface area contributed by atoms with Crippen molar-refractivity contribution in [3.63, 3.8) is 0 Å². The summed E-state index contributed by atoms with van der Waals surface area (Å²) in [4.78, 5) is 14.2. The lowest BCUT2D eigenvalue weighted by Gasteiger charge is -2.34. The number of nitrogens with zero attached hydrogens (tertiary/aromatic N) is 5. The molecule has 10 nitrogen and oxygen atoms in total. The Balaban J connectivity index is 1.57. The molecule has 0 bridgehead atoms. The summed E-state index contributed by atoms with van der Waals surface area (Å²) in [5.41, 5.74) is 0.978. The van der Waals surface area contributed by atoms with Crippen LogP contribution in [0.3, 0.4) is 0 Å². The van der Waals surface area contributed by atoms with E-state index >= 15 is 0 Å². The number of aromatic amines is 1. The van der Waals surface area contributed by atoms with Crippen LogP contribution in [0, 0.1) is 20.8 Å². The van der Waals surface area contributed by atoms with Gasteiger partial charge in [-0.1, -0.05) is 0 Å². The van der Waals surface area contributed by atoms with Crippen molar-refractivity contribution in [1.29, 1.82) is 0 Å². The molecule has 0 radical (unpaired) electrons. The normalized spacial score (nSPS) is 16.2. The molecule has 1 aliphatic rings. The molecule has 1 N–H and O–H groups in total. The van der Waals surface area contributed by atoms with E-state index in [1.165, 1.54) is 4.31 Å². The van der Waals surface area contributed by atoms with E-state index in [-0.39, 0.29) is 30.3 Å². The quantitative estimate of drug-likeness (QED) is 0.782. The molecule has 1 fully saturated rings. The van der Waals surface area contributed by atoms with Gasteiger partial charge >= 0.3 is 0 Å². The maximum Gasteiger partial charge on any atom is 0.246 e. The maximum atomic E-state index is 12.8. The van der Waals surface area contributed by atoms with Crippen molar-refractivity contribution in [2.24, 2.45) is 0 Å². The molecule has 3 heterocycles. The van der Waals surface area contributed by atoms with E-state index in [4.69, 9.17) is 4.42 Å². The van der Waals surface area contributed by atoms with Gasteiger partial charge in [-0.2, -0.15) is 9.40 Å². The molecule has 0 aromatic carbocycles. The Morgan fingerprint density at radius 1 is 1.15 bits per heavy atom. The average molecular weight is 382 g/mol. The summed E-state index contributed by atoms with van der Waals surface area (Å²) in [6.45, 7) is 6.28. The van der Waals surface area contributed by atoms with E-state index in [0.29, 0.717) is 42.7 Å². The number of amides is 1. The Bertz CT molecular complexity index is 876. The number of hydrogen-bond acceptors (Lipinski definition) is 7. The molecule has 1 amide bonds. The van der Waals surface area contributed by atoms with Crippen LogP contribution in [0.4, 0.5) is 0 Å². The number of piperazine rings is 1. The number of rotatable bonds is 5. The fraction of sp³-hybridized carbons (Fsp3) is 0.600. The van der Waals surface area contributed by atoms with Gasteiger partial charge in [0.15, 0.2) is 0 Å². The zero-order valence-electron chi connectivity index (χ0n) is 15.0. The van der Waals surface area contributed by atoms with Crippen molar-refractivity contribution < 1.29 is 17.6 Å². The third-order valence-corrected chi connectivity index (χ3v) is 6.53. The van der Waals surface area contributed by atoms with Crippen LogP contribution in [0.15, 0.2) is 9.31 Å². The van der Waals surface area contributed by atoms with Gasteiger partial charge in [0.2, 0.25) is 27.7 Å². The third-order valence-electron chi connectivity index (χ3n) is 4.37. The number of hydrogen-bond donors (Lipinski definition) is 1. The van der Waals surface area contributed by atoms with Crippen LogP contribution in [0.5, 0.6) is 0 Å². The van der Waals surface area contributed by atoms with Gasteiger partial charge in [0.25, 0.3) is 0 Å². The molecule has 0 atom stereocenters. The van der Waals surface area contributed by atoms with E-state index in [2.05, 4.69) is 20.4 Å². The number of aryl methyl sites for hydroxylation is 4. The fourth-order valence-electron chi connectivity index (χ4n) is 3.04. The van der Waals surface area contributed by atoms with Crippen molar-refractivity contribution in [2.75, 3.05) is 26.2 Å². The molecule has 0 aliphatic carbocycles. The Labute approximate surface area is 151 Å². The van der Waals surface area contributed by atoms with Gasteiger partial charge in [-0.05, 0) is 13.8 Å². The average Bonchev–Trinajstić information content (AvgIpc) is 3.18. The van der Waals surface area contributed by atoms with Crippen molar-refractivity contribution in [1.82, 2.24) is 29.6 Å². The second-order valence-corrected chi connectivity index (χ2v) is 8.14. The first-order valence-corrected chi connectivity index (χ1v) is 9.81. The highest BCUT2D eigenvalue weighted by Gasteiger charge is 2.33. The lowest BCUT2D eigenvalue weighted by atomic mass is 10.2. The van der Waals surface area contributed by atoms with Gasteiger partial charge in [0.05, 0.1) is 11.4 Å². The van der Waals surface area contributed by atoms with Crippen LogP contribution in [0.1, 0.15) is 29.6 Å². The molecule has 1 aliphatic heterocycles. The summed E-state index contributed by atoms with van der Waals surface area (Å²) in [7, 11) is -3.61. The van der Waals surface area contributed by atoms with Crippen molar-refractivity contribution in [3.8, 4) is 0 Å². The predicted octanol–water partition coefficient (Wildman–Crippen LogP) is 0.184. The summed E-state index contributed by atoms with van der Waals surface area (Å²) in [5, 5.41) is 14.3. The summed E-state index contributed by atoms with van der Waals surface area (Å²) in [6, 6.07) is 0. The van der Waals surface area contributed by atoms with E-state index in [0.717, 1.165) is 0 Å². The van der Waals surface area contributed by atoms with Gasteiger partial charge in [-0.15, -0.1) is 10.2 Å². The number of sulfonamides is 1. The van der Waals surface area contributed by atoms with Crippen LogP contribution in [-0.2, 0) is 21.2 Å². The summed E-state index contributed by atoms with van der Waals surface area (Å²) in [6.07, 6.45) is 0.639. The zero-order valence-corrected chi connectivity index (χ0v) is 15.8. The molecule has 26 heavy (non-hydrogen) atoms. The SMILES string of the molecule is Cc1nnc(CCC(=O)N2CCN(S(=O)(=O)c3c(C)n[nH]c3C)CC2)o1. The Hall–Kier alpha value is -2.27. The minimum Gasteiger partial charge on any atom is -0.426 e. The number of aromatic nitrogens is 4. The van der Waals surface area contributed by atoms with E-state index in [9.17, 15) is 13.2 Å². The largest absolute Gasteiger partial charge is 0.426 e. The van der Waals surface area contributed by atoms with E-state index in [1.54, 1.807) is 25.7 Å². The molecule has 142 valence electrons. The second-order valence-electron chi connectivity index (χ2n) is 6.26. The summed E-state index contributed by atoms with van der Waals surface area (Å²) < 4.78 is 32.3. The van der Waals surface area contributed by atoms with E-state index in [1.807, 2.05) is 0 Å². The van der Waals surface area contributed by atoms with Gasteiger partial charge in [0, 0.05) is 45.9 Å². The standard InChI is InChI=1S/C15H22N6O4S/c1-10-15(11(2)17-16-10)26(23,24)21-8-6-20(7-9-21)14(22)5-4-13-19-18-12(3)25-13/h4-9H2,1-3H3,(H,16,17). The van der Waals surface area contributed by atoms with Crippen molar-refractivity contribution in [3.05, 3.63) is 23.2 Å².